The normalized spacial score (nSPS) is 12.8. The summed E-state index contributed by atoms with van der Waals surface area (Å²) in [5, 5.41) is 10.9. The van der Waals surface area contributed by atoms with E-state index in [4.69, 9.17) is 4.74 Å². The van der Waals surface area contributed by atoms with E-state index in [0.717, 1.165) is 16.2 Å². The first-order valence-corrected chi connectivity index (χ1v) is 8.75. The van der Waals surface area contributed by atoms with Crippen LogP contribution in [0.3, 0.4) is 0 Å². The van der Waals surface area contributed by atoms with Gasteiger partial charge in [0.2, 0.25) is 5.13 Å². The minimum atomic E-state index is -0.704. The van der Waals surface area contributed by atoms with Crippen molar-refractivity contribution in [3.05, 3.63) is 70.7 Å². The number of nitrogens with zero attached hydrogens (tertiary/aromatic N) is 3. The number of nitrogens with one attached hydrogen (secondary N) is 1. The van der Waals surface area contributed by atoms with Crippen molar-refractivity contribution in [3.63, 3.8) is 0 Å². The van der Waals surface area contributed by atoms with Crippen molar-refractivity contribution in [2.45, 2.75) is 6.54 Å². The van der Waals surface area contributed by atoms with Gasteiger partial charge in [0.1, 0.15) is 10.8 Å². The first-order valence-electron chi connectivity index (χ1n) is 7.93. The van der Waals surface area contributed by atoms with Crippen molar-refractivity contribution < 1.29 is 19.1 Å². The summed E-state index contributed by atoms with van der Waals surface area (Å²) in [4.78, 5) is 37.7. The Balaban J connectivity index is 1.41. The van der Waals surface area contributed by atoms with Crippen LogP contribution in [0.4, 0.5) is 9.93 Å². The maximum absolute atomic E-state index is 12.4. The van der Waals surface area contributed by atoms with Crippen molar-refractivity contribution in [1.82, 2.24) is 15.1 Å². The van der Waals surface area contributed by atoms with Crippen molar-refractivity contribution in [1.29, 1.82) is 0 Å². The summed E-state index contributed by atoms with van der Waals surface area (Å²) in [5.41, 5.74) is 0.744. The third-order valence-corrected chi connectivity index (χ3v) is 4.62. The van der Waals surface area contributed by atoms with E-state index in [2.05, 4.69) is 15.5 Å². The van der Waals surface area contributed by atoms with Crippen molar-refractivity contribution in [2.75, 3.05) is 5.32 Å². The average Bonchev–Trinajstić information content (AvgIpc) is 3.21. The second-order valence-electron chi connectivity index (χ2n) is 5.57. The van der Waals surface area contributed by atoms with Crippen LogP contribution >= 0.6 is 11.3 Å². The number of ether oxygens (including phenoxy) is 1. The van der Waals surface area contributed by atoms with Crippen LogP contribution in [-0.4, -0.2) is 33.0 Å². The SMILES string of the molecule is O=C(Nc1nnc(CN2C(=O)c3ccccc3C2=O)s1)Oc1ccccc1. The number of para-hydroxylation sites is 1. The molecule has 0 unspecified atom stereocenters. The molecule has 1 aliphatic heterocycles. The molecule has 3 aromatic rings. The molecule has 2 aromatic carbocycles. The van der Waals surface area contributed by atoms with Crippen LogP contribution in [0.25, 0.3) is 0 Å². The average molecular weight is 380 g/mol. The maximum Gasteiger partial charge on any atom is 0.418 e. The number of hydrogen-bond acceptors (Lipinski definition) is 7. The highest BCUT2D eigenvalue weighted by atomic mass is 32.1. The van der Waals surface area contributed by atoms with Gasteiger partial charge in [0.15, 0.2) is 0 Å². The molecular weight excluding hydrogens is 368 g/mol. The number of amides is 3. The lowest BCUT2D eigenvalue weighted by atomic mass is 10.1. The van der Waals surface area contributed by atoms with Crippen LogP contribution in [0.1, 0.15) is 25.7 Å². The summed E-state index contributed by atoms with van der Waals surface area (Å²) in [5.74, 6) is -0.349. The molecule has 0 saturated carbocycles. The lowest BCUT2D eigenvalue weighted by Crippen LogP contribution is -2.29. The number of aromatic nitrogens is 2. The molecule has 134 valence electrons. The summed E-state index contributed by atoms with van der Waals surface area (Å²) in [6.07, 6.45) is -0.704. The van der Waals surface area contributed by atoms with Crippen molar-refractivity contribution in [2.24, 2.45) is 0 Å². The number of anilines is 1. The van der Waals surface area contributed by atoms with Gasteiger partial charge in [0, 0.05) is 0 Å². The molecule has 0 fully saturated rings. The van der Waals surface area contributed by atoms with E-state index >= 15 is 0 Å². The zero-order valence-corrected chi connectivity index (χ0v) is 14.6. The highest BCUT2D eigenvalue weighted by Gasteiger charge is 2.35. The molecule has 0 saturated heterocycles. The minimum Gasteiger partial charge on any atom is -0.410 e. The van der Waals surface area contributed by atoms with E-state index in [-0.39, 0.29) is 23.5 Å². The van der Waals surface area contributed by atoms with Gasteiger partial charge in [-0.3, -0.25) is 19.8 Å². The predicted molar refractivity (Wildman–Crippen MR) is 96.6 cm³/mol. The number of hydrogen-bond donors (Lipinski definition) is 1. The summed E-state index contributed by atoms with van der Waals surface area (Å²) in [6, 6.07) is 15.2. The van der Waals surface area contributed by atoms with Gasteiger partial charge in [0.25, 0.3) is 11.8 Å². The zero-order chi connectivity index (χ0) is 18.8. The van der Waals surface area contributed by atoms with Gasteiger partial charge >= 0.3 is 6.09 Å². The van der Waals surface area contributed by atoms with E-state index in [1.165, 1.54) is 0 Å². The van der Waals surface area contributed by atoms with Gasteiger partial charge < -0.3 is 4.74 Å². The van der Waals surface area contributed by atoms with Crippen LogP contribution in [0, 0.1) is 0 Å². The van der Waals surface area contributed by atoms with Gasteiger partial charge in [0.05, 0.1) is 17.7 Å². The molecule has 0 aliphatic carbocycles. The van der Waals surface area contributed by atoms with Crippen molar-refractivity contribution in [3.8, 4) is 5.75 Å². The molecule has 4 rings (SSSR count). The molecule has 1 aliphatic rings. The third kappa shape index (κ3) is 3.40. The molecule has 2 heterocycles. The highest BCUT2D eigenvalue weighted by Crippen LogP contribution is 2.26. The number of carbonyl (C=O) groups is 3. The Morgan fingerprint density at radius 3 is 2.26 bits per heavy atom. The van der Waals surface area contributed by atoms with E-state index in [0.29, 0.717) is 21.9 Å². The van der Waals surface area contributed by atoms with Crippen LogP contribution in [-0.2, 0) is 6.54 Å². The first-order chi connectivity index (χ1) is 13.1. The number of rotatable bonds is 4. The van der Waals surface area contributed by atoms with Crippen LogP contribution < -0.4 is 10.1 Å². The van der Waals surface area contributed by atoms with E-state index in [1.807, 2.05) is 0 Å². The summed E-state index contributed by atoms with van der Waals surface area (Å²) in [6.45, 7) is -0.0145. The molecule has 1 aromatic heterocycles. The summed E-state index contributed by atoms with van der Waals surface area (Å²) in [7, 11) is 0. The smallest absolute Gasteiger partial charge is 0.410 e. The summed E-state index contributed by atoms with van der Waals surface area (Å²) >= 11 is 1.06. The Bertz CT molecular complexity index is 1000. The molecule has 9 heteroatoms. The molecule has 8 nitrogen and oxygen atoms in total. The molecule has 27 heavy (non-hydrogen) atoms. The Kier molecular flexibility index (Phi) is 4.35. The van der Waals surface area contributed by atoms with Crippen LogP contribution in [0.15, 0.2) is 54.6 Å². The maximum atomic E-state index is 12.4. The Hall–Kier alpha value is -3.59. The molecule has 1 N–H and O–H groups in total. The van der Waals surface area contributed by atoms with Crippen LogP contribution in [0.5, 0.6) is 5.75 Å². The first kappa shape index (κ1) is 16.9. The third-order valence-electron chi connectivity index (χ3n) is 3.80. The van der Waals surface area contributed by atoms with E-state index in [9.17, 15) is 14.4 Å². The fourth-order valence-electron chi connectivity index (χ4n) is 2.59. The van der Waals surface area contributed by atoms with Crippen LogP contribution in [0.2, 0.25) is 0 Å². The standard InChI is InChI=1S/C18H12N4O4S/c23-15-12-8-4-5-9-13(12)16(24)22(15)10-14-20-21-17(27-14)19-18(25)26-11-6-2-1-3-7-11/h1-9H,10H2,(H,19,21,25). The Morgan fingerprint density at radius 2 is 1.59 bits per heavy atom. The fourth-order valence-corrected chi connectivity index (χ4v) is 3.31. The number of carbonyl (C=O) groups excluding carboxylic acids is 3. The van der Waals surface area contributed by atoms with E-state index < -0.39 is 6.09 Å². The van der Waals surface area contributed by atoms with E-state index in [1.54, 1.807) is 54.6 Å². The van der Waals surface area contributed by atoms with Gasteiger partial charge in [-0.05, 0) is 24.3 Å². The molecule has 0 spiro atoms. The van der Waals surface area contributed by atoms with Gasteiger partial charge in [-0.1, -0.05) is 41.7 Å². The Morgan fingerprint density at radius 1 is 0.963 bits per heavy atom. The lowest BCUT2D eigenvalue weighted by molar-refractivity contribution is 0.0642. The number of imide groups is 1. The lowest BCUT2D eigenvalue weighted by Gasteiger charge is -2.10. The monoisotopic (exact) mass is 380 g/mol. The molecule has 0 bridgehead atoms. The predicted octanol–water partition coefficient (Wildman–Crippen LogP) is 2.95. The second-order valence-corrected chi connectivity index (χ2v) is 6.63. The highest BCUT2D eigenvalue weighted by molar-refractivity contribution is 7.15. The number of fused-ring (bicyclic) bond motifs is 1. The number of benzene rings is 2. The molecule has 0 radical (unpaired) electrons. The Labute approximate surface area is 157 Å². The van der Waals surface area contributed by atoms with Crippen molar-refractivity contribution >= 4 is 34.4 Å². The topological polar surface area (TPSA) is 101 Å². The second kappa shape index (κ2) is 6.96. The summed E-state index contributed by atoms with van der Waals surface area (Å²) < 4.78 is 5.11. The molecule has 3 amide bonds. The largest absolute Gasteiger partial charge is 0.418 e. The van der Waals surface area contributed by atoms with Gasteiger partial charge in [-0.2, -0.15) is 0 Å². The molecular formula is C18H12N4O4S. The van der Waals surface area contributed by atoms with Gasteiger partial charge in [-0.25, -0.2) is 4.79 Å². The van der Waals surface area contributed by atoms with Gasteiger partial charge in [-0.15, -0.1) is 10.2 Å². The minimum absolute atomic E-state index is 0.0145. The molecule has 0 atom stereocenters. The quantitative estimate of drug-likeness (QED) is 0.698. The zero-order valence-electron chi connectivity index (χ0n) is 13.8. The fraction of sp³-hybridized carbons (Fsp3) is 0.0556.